The van der Waals surface area contributed by atoms with E-state index >= 15 is 0 Å². The third kappa shape index (κ3) is 2.27. The Balaban J connectivity index is 2.16. The highest BCUT2D eigenvalue weighted by molar-refractivity contribution is 9.10. The first-order valence-corrected chi connectivity index (χ1v) is 5.78. The second-order valence-electron chi connectivity index (χ2n) is 4.01. The molecule has 0 atom stereocenters. The minimum absolute atomic E-state index is 0.439. The summed E-state index contributed by atoms with van der Waals surface area (Å²) in [7, 11) is 0. The van der Waals surface area contributed by atoms with Gasteiger partial charge in [-0.25, -0.2) is 0 Å². The van der Waals surface area contributed by atoms with E-state index in [2.05, 4.69) is 34.8 Å². The lowest BCUT2D eigenvalue weighted by atomic mass is 10.1. The number of hydrogen-bond donors (Lipinski definition) is 0. The molecule has 3 heteroatoms. The van der Waals surface area contributed by atoms with Crippen molar-refractivity contribution in [1.29, 1.82) is 0 Å². The summed E-state index contributed by atoms with van der Waals surface area (Å²) in [6.45, 7) is 4.27. The van der Waals surface area contributed by atoms with Crippen LogP contribution in [0, 0.1) is 0 Å². The van der Waals surface area contributed by atoms with E-state index in [0.717, 1.165) is 15.9 Å². The molecule has 0 spiro atoms. The van der Waals surface area contributed by atoms with Gasteiger partial charge in [0.25, 0.3) is 0 Å². The van der Waals surface area contributed by atoms with Crippen molar-refractivity contribution in [2.45, 2.75) is 38.7 Å². The smallest absolute Gasteiger partial charge is 0.139 e. The fraction of sp³-hybridized carbons (Fsp3) is 0.545. The van der Waals surface area contributed by atoms with Crippen molar-refractivity contribution in [2.24, 2.45) is 0 Å². The highest BCUT2D eigenvalue weighted by Gasteiger charge is 2.23. The van der Waals surface area contributed by atoms with Gasteiger partial charge in [0.15, 0.2) is 0 Å². The molecule has 0 N–H and O–H groups in total. The van der Waals surface area contributed by atoms with Crippen molar-refractivity contribution in [3.8, 4) is 5.75 Å². The quantitative estimate of drug-likeness (QED) is 0.825. The van der Waals surface area contributed by atoms with Crippen LogP contribution in [0.4, 0.5) is 0 Å². The average Bonchev–Trinajstić information content (AvgIpc) is 2.87. The number of rotatable bonds is 3. The number of ether oxygens (including phenoxy) is 1. The molecule has 0 amide bonds. The molecule has 2 rings (SSSR count). The van der Waals surface area contributed by atoms with Crippen molar-refractivity contribution in [3.05, 3.63) is 22.4 Å². The summed E-state index contributed by atoms with van der Waals surface area (Å²) in [4.78, 5) is 4.39. The normalized spacial score (nSPS) is 16.0. The molecule has 1 fully saturated rings. The van der Waals surface area contributed by atoms with Crippen LogP contribution in [0.3, 0.4) is 0 Å². The van der Waals surface area contributed by atoms with E-state index in [1.54, 1.807) is 0 Å². The molecule has 0 saturated heterocycles. The van der Waals surface area contributed by atoms with E-state index in [1.807, 2.05) is 12.3 Å². The Hall–Kier alpha value is -0.570. The first-order chi connectivity index (χ1) is 6.66. The molecular weight excluding hydrogens is 242 g/mol. The molecule has 1 aromatic rings. The third-order valence-corrected chi connectivity index (χ3v) is 2.85. The summed E-state index contributed by atoms with van der Waals surface area (Å²) in [5, 5.41) is 0. The molecule has 0 unspecified atom stereocenters. The van der Waals surface area contributed by atoms with Crippen LogP contribution in [-0.2, 0) is 0 Å². The first-order valence-electron chi connectivity index (χ1n) is 4.99. The van der Waals surface area contributed by atoms with Gasteiger partial charge in [-0.15, -0.1) is 0 Å². The molecule has 1 heterocycles. The van der Waals surface area contributed by atoms with E-state index in [0.29, 0.717) is 12.0 Å². The Morgan fingerprint density at radius 3 is 2.71 bits per heavy atom. The Labute approximate surface area is 92.8 Å². The third-order valence-electron chi connectivity index (χ3n) is 2.22. The largest absolute Gasteiger partial charge is 0.489 e. The molecule has 14 heavy (non-hydrogen) atoms. The summed E-state index contributed by atoms with van der Waals surface area (Å²) in [5.41, 5.74) is 1.09. The zero-order valence-corrected chi connectivity index (χ0v) is 10.0. The van der Waals surface area contributed by atoms with Gasteiger partial charge in [0.1, 0.15) is 5.75 Å². The van der Waals surface area contributed by atoms with Crippen molar-refractivity contribution in [1.82, 2.24) is 4.98 Å². The second-order valence-corrected chi connectivity index (χ2v) is 4.86. The molecule has 1 aliphatic carbocycles. The highest BCUT2D eigenvalue weighted by atomic mass is 79.9. The maximum atomic E-state index is 5.65. The molecule has 1 aromatic heterocycles. The molecule has 1 aliphatic rings. The lowest BCUT2D eigenvalue weighted by Gasteiger charge is -2.09. The lowest BCUT2D eigenvalue weighted by molar-refractivity contribution is 0.301. The van der Waals surface area contributed by atoms with Gasteiger partial charge in [-0.2, -0.15) is 0 Å². The maximum Gasteiger partial charge on any atom is 0.139 e. The first kappa shape index (κ1) is 9.97. The van der Waals surface area contributed by atoms with Crippen LogP contribution in [0.25, 0.3) is 0 Å². The predicted octanol–water partition coefficient (Wildman–Crippen LogP) is 3.51. The van der Waals surface area contributed by atoms with Gasteiger partial charge in [0.05, 0.1) is 18.0 Å². The van der Waals surface area contributed by atoms with Crippen molar-refractivity contribution < 1.29 is 4.74 Å². The van der Waals surface area contributed by atoms with Crippen LogP contribution in [-0.4, -0.2) is 11.1 Å². The van der Waals surface area contributed by atoms with E-state index < -0.39 is 0 Å². The lowest BCUT2D eigenvalue weighted by Crippen LogP contribution is -1.99. The fourth-order valence-corrected chi connectivity index (χ4v) is 2.08. The van der Waals surface area contributed by atoms with Gasteiger partial charge in [-0.1, -0.05) is 13.8 Å². The van der Waals surface area contributed by atoms with Crippen LogP contribution >= 0.6 is 15.9 Å². The van der Waals surface area contributed by atoms with Gasteiger partial charge in [0.2, 0.25) is 0 Å². The van der Waals surface area contributed by atoms with Gasteiger partial charge in [0, 0.05) is 4.47 Å². The summed E-state index contributed by atoms with van der Waals surface area (Å²) < 4.78 is 6.70. The summed E-state index contributed by atoms with van der Waals surface area (Å²) in [6, 6.07) is 2.01. The van der Waals surface area contributed by atoms with Gasteiger partial charge in [-0.3, -0.25) is 4.98 Å². The average molecular weight is 256 g/mol. The van der Waals surface area contributed by atoms with E-state index in [-0.39, 0.29) is 0 Å². The van der Waals surface area contributed by atoms with Gasteiger partial charge in [-0.05, 0) is 40.8 Å². The monoisotopic (exact) mass is 255 g/mol. The second kappa shape index (κ2) is 3.89. The Morgan fingerprint density at radius 1 is 1.50 bits per heavy atom. The van der Waals surface area contributed by atoms with Crippen LogP contribution < -0.4 is 4.74 Å². The summed E-state index contributed by atoms with van der Waals surface area (Å²) in [6.07, 6.45) is 4.62. The molecular formula is C11H14BrNO. The Bertz CT molecular complexity index is 334. The Morgan fingerprint density at radius 2 is 2.21 bits per heavy atom. The van der Waals surface area contributed by atoms with Crippen LogP contribution in [0.2, 0.25) is 0 Å². The van der Waals surface area contributed by atoms with Gasteiger partial charge < -0.3 is 4.74 Å². The van der Waals surface area contributed by atoms with Crippen LogP contribution in [0.15, 0.2) is 16.7 Å². The molecule has 0 aliphatic heterocycles. The van der Waals surface area contributed by atoms with Gasteiger partial charge >= 0.3 is 0 Å². The van der Waals surface area contributed by atoms with Crippen LogP contribution in [0.1, 0.15) is 38.3 Å². The van der Waals surface area contributed by atoms with Crippen molar-refractivity contribution in [2.75, 3.05) is 0 Å². The maximum absolute atomic E-state index is 5.65. The zero-order chi connectivity index (χ0) is 10.1. The minimum atomic E-state index is 0.439. The summed E-state index contributed by atoms with van der Waals surface area (Å²) >= 11 is 3.52. The number of hydrogen-bond acceptors (Lipinski definition) is 2. The van der Waals surface area contributed by atoms with Crippen LogP contribution in [0.5, 0.6) is 5.75 Å². The molecule has 0 radical (unpaired) electrons. The zero-order valence-electron chi connectivity index (χ0n) is 8.46. The number of halogens is 1. The van der Waals surface area contributed by atoms with E-state index in [9.17, 15) is 0 Å². The molecule has 1 saturated carbocycles. The predicted molar refractivity (Wildman–Crippen MR) is 59.7 cm³/mol. The molecule has 2 nitrogen and oxygen atoms in total. The highest BCUT2D eigenvalue weighted by Crippen LogP contribution is 2.30. The number of pyridine rings is 1. The van der Waals surface area contributed by atoms with E-state index in [1.165, 1.54) is 12.8 Å². The number of nitrogens with zero attached hydrogens (tertiary/aromatic N) is 1. The standard InChI is InChI=1S/C11H14BrNO/c1-7(2)11-10(12)5-9(6-13-11)14-8-3-4-8/h5-8H,3-4H2,1-2H3. The number of aromatic nitrogens is 1. The molecule has 0 aromatic carbocycles. The fourth-order valence-electron chi connectivity index (χ4n) is 1.30. The topological polar surface area (TPSA) is 22.1 Å². The Kier molecular flexibility index (Phi) is 2.77. The summed E-state index contributed by atoms with van der Waals surface area (Å²) in [5.74, 6) is 1.32. The minimum Gasteiger partial charge on any atom is -0.489 e. The molecule has 0 bridgehead atoms. The van der Waals surface area contributed by atoms with Crippen molar-refractivity contribution in [3.63, 3.8) is 0 Å². The molecule has 76 valence electrons. The van der Waals surface area contributed by atoms with E-state index in [4.69, 9.17) is 4.74 Å². The SMILES string of the molecule is CC(C)c1ncc(OC2CC2)cc1Br. The van der Waals surface area contributed by atoms with Crippen molar-refractivity contribution >= 4 is 15.9 Å².